The van der Waals surface area contributed by atoms with Gasteiger partial charge in [-0.15, -0.1) is 5.10 Å². The normalized spacial score (nSPS) is 10.8. The number of nitrogens with two attached hydrogens (primary N) is 1. The van der Waals surface area contributed by atoms with Gasteiger partial charge in [-0.05, 0) is 62.8 Å². The van der Waals surface area contributed by atoms with Gasteiger partial charge in [-0.2, -0.15) is 4.68 Å². The summed E-state index contributed by atoms with van der Waals surface area (Å²) in [5.41, 5.74) is 6.73. The smallest absolute Gasteiger partial charge is 0.187 e. The fourth-order valence-corrected chi connectivity index (χ4v) is 2.25. The number of nitrogens with zero attached hydrogens (tertiary/aromatic N) is 4. The van der Waals surface area contributed by atoms with Crippen molar-refractivity contribution in [2.24, 2.45) is 0 Å². The highest BCUT2D eigenvalue weighted by Crippen LogP contribution is 2.27. The van der Waals surface area contributed by atoms with Crippen molar-refractivity contribution in [3.63, 3.8) is 0 Å². The van der Waals surface area contributed by atoms with E-state index in [0.717, 1.165) is 4.47 Å². The van der Waals surface area contributed by atoms with Crippen LogP contribution >= 0.6 is 27.5 Å². The lowest BCUT2D eigenvalue weighted by Crippen LogP contribution is -2.00. The van der Waals surface area contributed by atoms with Gasteiger partial charge in [-0.25, -0.2) is 4.39 Å². The molecule has 0 fully saturated rings. The standard InChI is InChI=1S/C13H8BrClFN5/c14-9-3-2-8(6-10(9)15)21-13(18-19-20-21)7-1-4-12(17)11(16)5-7/h1-6H,17H2. The van der Waals surface area contributed by atoms with Gasteiger partial charge >= 0.3 is 0 Å². The molecule has 0 unspecified atom stereocenters. The molecule has 0 amide bonds. The second kappa shape index (κ2) is 5.42. The molecule has 5 nitrogen and oxygen atoms in total. The van der Waals surface area contributed by atoms with Crippen molar-refractivity contribution in [2.75, 3.05) is 5.73 Å². The Bertz CT molecular complexity index is 754. The molecule has 1 heterocycles. The summed E-state index contributed by atoms with van der Waals surface area (Å²) in [4.78, 5) is 0. The Balaban J connectivity index is 2.12. The Morgan fingerprint density at radius 3 is 2.71 bits per heavy atom. The summed E-state index contributed by atoms with van der Waals surface area (Å²) < 4.78 is 15.8. The minimum absolute atomic E-state index is 0.0736. The highest BCUT2D eigenvalue weighted by molar-refractivity contribution is 9.10. The molecule has 2 aromatic carbocycles. The third-order valence-corrected chi connectivity index (χ3v) is 4.11. The molecule has 3 rings (SSSR count). The van der Waals surface area contributed by atoms with Crippen LogP contribution in [-0.4, -0.2) is 20.2 Å². The number of tetrazole rings is 1. The molecule has 0 saturated carbocycles. The van der Waals surface area contributed by atoms with Gasteiger partial charge in [0.05, 0.1) is 16.4 Å². The van der Waals surface area contributed by atoms with Gasteiger partial charge in [0, 0.05) is 10.0 Å². The van der Waals surface area contributed by atoms with E-state index in [2.05, 4.69) is 31.5 Å². The molecule has 0 aliphatic carbocycles. The average molecular weight is 369 g/mol. The lowest BCUT2D eigenvalue weighted by atomic mass is 10.2. The highest BCUT2D eigenvalue weighted by atomic mass is 79.9. The zero-order valence-electron chi connectivity index (χ0n) is 10.5. The molecule has 2 N–H and O–H groups in total. The Morgan fingerprint density at radius 2 is 2.00 bits per heavy atom. The minimum Gasteiger partial charge on any atom is -0.396 e. The van der Waals surface area contributed by atoms with Crippen LogP contribution in [0.4, 0.5) is 10.1 Å². The quantitative estimate of drug-likeness (QED) is 0.703. The second-order valence-electron chi connectivity index (χ2n) is 4.25. The topological polar surface area (TPSA) is 69.6 Å². The van der Waals surface area contributed by atoms with E-state index < -0.39 is 5.82 Å². The third-order valence-electron chi connectivity index (χ3n) is 2.88. The van der Waals surface area contributed by atoms with E-state index >= 15 is 0 Å². The van der Waals surface area contributed by atoms with Gasteiger partial charge in [0.15, 0.2) is 5.82 Å². The van der Waals surface area contributed by atoms with Gasteiger partial charge < -0.3 is 5.73 Å². The molecule has 3 aromatic rings. The summed E-state index contributed by atoms with van der Waals surface area (Å²) >= 11 is 9.39. The molecule has 0 saturated heterocycles. The van der Waals surface area contributed by atoms with Crippen LogP contribution in [0.3, 0.4) is 0 Å². The first-order chi connectivity index (χ1) is 10.1. The van der Waals surface area contributed by atoms with Gasteiger partial charge in [0.25, 0.3) is 0 Å². The largest absolute Gasteiger partial charge is 0.396 e. The number of aromatic nitrogens is 4. The Hall–Kier alpha value is -1.99. The van der Waals surface area contributed by atoms with Crippen molar-refractivity contribution in [2.45, 2.75) is 0 Å². The zero-order chi connectivity index (χ0) is 15.0. The van der Waals surface area contributed by atoms with Crippen molar-refractivity contribution in [1.82, 2.24) is 20.2 Å². The van der Waals surface area contributed by atoms with E-state index in [1.54, 1.807) is 24.3 Å². The SMILES string of the molecule is Nc1ccc(-c2nnnn2-c2ccc(Br)c(Cl)c2)cc1F. The molecule has 0 aliphatic rings. The van der Waals surface area contributed by atoms with E-state index in [0.29, 0.717) is 22.1 Å². The number of halogens is 3. The van der Waals surface area contributed by atoms with Crippen molar-refractivity contribution in [1.29, 1.82) is 0 Å². The lowest BCUT2D eigenvalue weighted by molar-refractivity contribution is 0.632. The maximum absolute atomic E-state index is 13.6. The predicted octanol–water partition coefficient (Wildman–Crippen LogP) is 3.47. The predicted molar refractivity (Wildman–Crippen MR) is 81.7 cm³/mol. The van der Waals surface area contributed by atoms with Gasteiger partial charge in [-0.1, -0.05) is 11.6 Å². The Morgan fingerprint density at radius 1 is 1.19 bits per heavy atom. The van der Waals surface area contributed by atoms with E-state index in [4.69, 9.17) is 17.3 Å². The van der Waals surface area contributed by atoms with E-state index in [-0.39, 0.29) is 5.69 Å². The Kier molecular flexibility index (Phi) is 3.60. The molecular formula is C13H8BrClFN5. The fourth-order valence-electron chi connectivity index (χ4n) is 1.82. The summed E-state index contributed by atoms with van der Waals surface area (Å²) in [5, 5.41) is 12.0. The first kappa shape index (κ1) is 14.0. The second-order valence-corrected chi connectivity index (χ2v) is 5.51. The number of hydrogen-bond donors (Lipinski definition) is 1. The molecule has 0 radical (unpaired) electrons. The van der Waals surface area contributed by atoms with Crippen LogP contribution in [0.2, 0.25) is 5.02 Å². The summed E-state index contributed by atoms with van der Waals surface area (Å²) in [7, 11) is 0. The number of anilines is 1. The van der Waals surface area contributed by atoms with Gasteiger partial charge in [-0.3, -0.25) is 0 Å². The van der Waals surface area contributed by atoms with Crippen molar-refractivity contribution < 1.29 is 4.39 Å². The van der Waals surface area contributed by atoms with E-state index in [1.807, 2.05) is 0 Å². The number of benzene rings is 2. The molecule has 0 aliphatic heterocycles. The van der Waals surface area contributed by atoms with Crippen LogP contribution in [-0.2, 0) is 0 Å². The van der Waals surface area contributed by atoms with Crippen LogP contribution < -0.4 is 5.73 Å². The fraction of sp³-hybridized carbons (Fsp3) is 0. The molecule has 0 spiro atoms. The number of hydrogen-bond acceptors (Lipinski definition) is 4. The van der Waals surface area contributed by atoms with Crippen molar-refractivity contribution >= 4 is 33.2 Å². The Labute approximate surface area is 132 Å². The molecule has 21 heavy (non-hydrogen) atoms. The summed E-state index contributed by atoms with van der Waals surface area (Å²) in [6.07, 6.45) is 0. The maximum atomic E-state index is 13.6. The van der Waals surface area contributed by atoms with Crippen LogP contribution in [0, 0.1) is 5.82 Å². The van der Waals surface area contributed by atoms with Gasteiger partial charge in [0.2, 0.25) is 0 Å². The highest BCUT2D eigenvalue weighted by Gasteiger charge is 2.13. The average Bonchev–Trinajstić information content (AvgIpc) is 2.94. The monoisotopic (exact) mass is 367 g/mol. The molecule has 1 aromatic heterocycles. The first-order valence-electron chi connectivity index (χ1n) is 5.85. The molecule has 0 atom stereocenters. The van der Waals surface area contributed by atoms with Gasteiger partial charge in [0.1, 0.15) is 5.82 Å². The lowest BCUT2D eigenvalue weighted by Gasteiger charge is -2.06. The molecule has 106 valence electrons. The van der Waals surface area contributed by atoms with Crippen LogP contribution in [0.5, 0.6) is 0 Å². The molecule has 0 bridgehead atoms. The van der Waals surface area contributed by atoms with Crippen LogP contribution in [0.15, 0.2) is 40.9 Å². The molecule has 8 heteroatoms. The number of nitrogen functional groups attached to an aromatic ring is 1. The zero-order valence-corrected chi connectivity index (χ0v) is 12.8. The summed E-state index contributed by atoms with van der Waals surface area (Å²) in [6, 6.07) is 9.70. The van der Waals surface area contributed by atoms with Crippen LogP contribution in [0.1, 0.15) is 0 Å². The van der Waals surface area contributed by atoms with E-state index in [1.165, 1.54) is 16.8 Å². The first-order valence-corrected chi connectivity index (χ1v) is 7.02. The third kappa shape index (κ3) is 2.62. The van der Waals surface area contributed by atoms with Crippen LogP contribution in [0.25, 0.3) is 17.1 Å². The van der Waals surface area contributed by atoms with E-state index in [9.17, 15) is 4.39 Å². The van der Waals surface area contributed by atoms with Crippen molar-refractivity contribution in [3.8, 4) is 17.1 Å². The number of rotatable bonds is 2. The maximum Gasteiger partial charge on any atom is 0.187 e. The summed E-state index contributed by atoms with van der Waals surface area (Å²) in [5.74, 6) is -0.122. The molecular weight excluding hydrogens is 361 g/mol. The summed E-state index contributed by atoms with van der Waals surface area (Å²) in [6.45, 7) is 0. The minimum atomic E-state index is -0.518. The van der Waals surface area contributed by atoms with Crippen molar-refractivity contribution in [3.05, 3.63) is 51.7 Å².